The van der Waals surface area contributed by atoms with Crippen LogP contribution in [-0.2, 0) is 26.6 Å². The van der Waals surface area contributed by atoms with Crippen molar-refractivity contribution in [1.82, 2.24) is 29.0 Å². The molecule has 204 valence electrons. The van der Waals surface area contributed by atoms with Gasteiger partial charge in [-0.25, -0.2) is 31.3 Å². The van der Waals surface area contributed by atoms with Gasteiger partial charge in [0.15, 0.2) is 0 Å². The number of primary sulfonamides is 1. The predicted molar refractivity (Wildman–Crippen MR) is 145 cm³/mol. The van der Waals surface area contributed by atoms with Crippen LogP contribution in [0.25, 0.3) is 22.3 Å². The Labute approximate surface area is 224 Å². The molecule has 1 aliphatic heterocycles. The number of anilines is 1. The molecule has 39 heavy (non-hydrogen) atoms. The first-order valence-corrected chi connectivity index (χ1v) is 15.4. The molecule has 0 spiro atoms. The Bertz CT molecular complexity index is 1800. The number of benzene rings is 1. The maximum absolute atomic E-state index is 12.8. The lowest BCUT2D eigenvalue weighted by Crippen LogP contribution is -2.42. The summed E-state index contributed by atoms with van der Waals surface area (Å²) < 4.78 is 49.8. The minimum absolute atomic E-state index is 0.00416. The largest absolute Gasteiger partial charge is 0.351 e. The zero-order chi connectivity index (χ0) is 27.8. The van der Waals surface area contributed by atoms with Crippen LogP contribution in [0, 0.1) is 0 Å². The number of hydrogen-bond donors (Lipinski definition) is 2. The lowest BCUT2D eigenvalue weighted by molar-refractivity contribution is 0.331. The fraction of sp³-hybridized carbons (Fsp3) is 0.292. The van der Waals surface area contributed by atoms with Crippen LogP contribution in [0.3, 0.4) is 0 Å². The predicted octanol–water partition coefficient (Wildman–Crippen LogP) is 0.780. The number of pyridine rings is 1. The van der Waals surface area contributed by atoms with Crippen LogP contribution < -0.4 is 16.0 Å². The molecule has 3 N–H and O–H groups in total. The number of nitrogens with one attached hydrogen (secondary N) is 1. The summed E-state index contributed by atoms with van der Waals surface area (Å²) >= 11 is 0. The van der Waals surface area contributed by atoms with Gasteiger partial charge in [-0.2, -0.15) is 15.2 Å². The minimum Gasteiger partial charge on any atom is -0.351 e. The number of nitrogens with two attached hydrogens (primary N) is 1. The summed E-state index contributed by atoms with van der Waals surface area (Å²) in [5, 5.41) is 17.6. The van der Waals surface area contributed by atoms with Crippen LogP contribution in [0.4, 0.5) is 5.95 Å². The monoisotopic (exact) mass is 570 g/mol. The third-order valence-corrected chi connectivity index (χ3v) is 8.69. The van der Waals surface area contributed by atoms with E-state index >= 15 is 0 Å². The molecule has 1 fully saturated rings. The van der Waals surface area contributed by atoms with E-state index in [1.165, 1.54) is 33.3 Å². The molecule has 1 saturated heterocycles. The zero-order valence-electron chi connectivity index (χ0n) is 20.9. The van der Waals surface area contributed by atoms with Gasteiger partial charge in [-0.15, -0.1) is 0 Å². The Morgan fingerprint density at radius 1 is 1.03 bits per heavy atom. The zero-order valence-corrected chi connectivity index (χ0v) is 22.6. The highest BCUT2D eigenvalue weighted by Gasteiger charge is 2.25. The molecule has 0 saturated carbocycles. The van der Waals surface area contributed by atoms with Crippen molar-refractivity contribution >= 4 is 37.0 Å². The second-order valence-electron chi connectivity index (χ2n) is 9.29. The molecule has 5 rings (SSSR count). The lowest BCUT2D eigenvalue weighted by atomic mass is 10.1. The van der Waals surface area contributed by atoms with E-state index in [0.717, 1.165) is 0 Å². The van der Waals surface area contributed by atoms with E-state index in [1.807, 2.05) is 0 Å². The van der Waals surface area contributed by atoms with Gasteiger partial charge in [-0.1, -0.05) is 12.1 Å². The molecule has 0 radical (unpaired) electrons. The van der Waals surface area contributed by atoms with Crippen molar-refractivity contribution in [3.05, 3.63) is 70.8 Å². The number of rotatable bonds is 7. The Hall–Kier alpha value is -3.79. The maximum Gasteiger partial charge on any atom is 0.252 e. The molecule has 4 aromatic rings. The van der Waals surface area contributed by atoms with Crippen LogP contribution in [0.1, 0.15) is 18.5 Å². The summed E-state index contributed by atoms with van der Waals surface area (Å²) in [5.41, 5.74) is 1.62. The SMILES string of the molecule is CS(=O)(=O)N1CCC(Nc2ncc3ccc(=O)n(Cc4ccc(-c5cccc(S(N)(=O)=O)c5)nn4)c3n2)CC1. The van der Waals surface area contributed by atoms with E-state index in [0.29, 0.717) is 59.9 Å². The average molecular weight is 571 g/mol. The maximum atomic E-state index is 12.8. The summed E-state index contributed by atoms with van der Waals surface area (Å²) in [5.74, 6) is 0.343. The number of sulfonamides is 2. The van der Waals surface area contributed by atoms with Crippen LogP contribution in [-0.4, -0.2) is 71.3 Å². The van der Waals surface area contributed by atoms with E-state index in [9.17, 15) is 21.6 Å². The van der Waals surface area contributed by atoms with Crippen molar-refractivity contribution in [1.29, 1.82) is 0 Å². The molecule has 15 heteroatoms. The first-order valence-electron chi connectivity index (χ1n) is 12.0. The van der Waals surface area contributed by atoms with Gasteiger partial charge in [-0.05, 0) is 43.2 Å². The Kier molecular flexibility index (Phi) is 7.15. The van der Waals surface area contributed by atoms with Crippen molar-refractivity contribution in [3.8, 4) is 11.3 Å². The van der Waals surface area contributed by atoms with E-state index in [4.69, 9.17) is 5.14 Å². The number of aromatic nitrogens is 5. The van der Waals surface area contributed by atoms with Crippen LogP contribution >= 0.6 is 0 Å². The minimum atomic E-state index is -3.86. The summed E-state index contributed by atoms with van der Waals surface area (Å²) in [7, 11) is -7.08. The highest BCUT2D eigenvalue weighted by atomic mass is 32.2. The summed E-state index contributed by atoms with van der Waals surface area (Å²) in [6, 6.07) is 12.6. The average Bonchev–Trinajstić information content (AvgIpc) is 2.90. The first-order chi connectivity index (χ1) is 18.5. The third kappa shape index (κ3) is 6.11. The van der Waals surface area contributed by atoms with Gasteiger partial charge in [0.05, 0.1) is 29.1 Å². The van der Waals surface area contributed by atoms with E-state index in [2.05, 4.69) is 25.5 Å². The lowest BCUT2D eigenvalue weighted by Gasteiger charge is -2.30. The van der Waals surface area contributed by atoms with Crippen molar-refractivity contribution in [2.24, 2.45) is 5.14 Å². The number of piperidine rings is 1. The standard InChI is InChI=1S/C24H26N8O5S2/c1-38(34,35)31-11-9-18(10-12-31)27-24-26-14-17-5-8-22(33)32(23(17)28-24)15-19-6-7-21(30-29-19)16-3-2-4-20(13-16)39(25,36)37/h2-8,13-14,18H,9-12,15H2,1H3,(H2,25,36,37)(H,26,27,28). The van der Waals surface area contributed by atoms with Gasteiger partial charge in [0.2, 0.25) is 26.0 Å². The van der Waals surface area contributed by atoms with Gasteiger partial charge >= 0.3 is 0 Å². The molecule has 0 bridgehead atoms. The molecule has 13 nitrogen and oxygen atoms in total. The van der Waals surface area contributed by atoms with Crippen molar-refractivity contribution in [2.75, 3.05) is 24.7 Å². The fourth-order valence-electron chi connectivity index (χ4n) is 4.40. The normalized spacial score (nSPS) is 15.4. The van der Waals surface area contributed by atoms with Gasteiger partial charge < -0.3 is 5.32 Å². The van der Waals surface area contributed by atoms with E-state index in [1.54, 1.807) is 36.5 Å². The number of fused-ring (bicyclic) bond motifs is 1. The topological polar surface area (TPSA) is 183 Å². The Morgan fingerprint density at radius 2 is 1.79 bits per heavy atom. The second-order valence-corrected chi connectivity index (χ2v) is 12.8. The molecule has 1 aliphatic rings. The summed E-state index contributed by atoms with van der Waals surface area (Å²) in [6.07, 6.45) is 4.05. The molecule has 3 aromatic heterocycles. The van der Waals surface area contributed by atoms with Gasteiger partial charge in [0.25, 0.3) is 5.56 Å². The fourth-order valence-corrected chi connectivity index (χ4v) is 5.83. The highest BCUT2D eigenvalue weighted by Crippen LogP contribution is 2.21. The van der Waals surface area contributed by atoms with E-state index < -0.39 is 20.0 Å². The molecule has 1 aromatic carbocycles. The van der Waals surface area contributed by atoms with Crippen molar-refractivity contribution in [3.63, 3.8) is 0 Å². The molecule has 0 atom stereocenters. The molecule has 0 aliphatic carbocycles. The Morgan fingerprint density at radius 3 is 2.46 bits per heavy atom. The van der Waals surface area contributed by atoms with Gasteiger partial charge in [0, 0.05) is 42.3 Å². The molecular weight excluding hydrogens is 544 g/mol. The molecule has 0 unspecified atom stereocenters. The Balaban J connectivity index is 1.37. The third-order valence-electron chi connectivity index (χ3n) is 6.48. The quantitative estimate of drug-likeness (QED) is 0.322. The van der Waals surface area contributed by atoms with Crippen molar-refractivity contribution in [2.45, 2.75) is 30.3 Å². The van der Waals surface area contributed by atoms with E-state index in [-0.39, 0.29) is 23.0 Å². The summed E-state index contributed by atoms with van der Waals surface area (Å²) in [4.78, 5) is 21.7. The molecule has 0 amide bonds. The van der Waals surface area contributed by atoms with Gasteiger partial charge in [0.1, 0.15) is 5.65 Å². The van der Waals surface area contributed by atoms with Crippen LogP contribution in [0.5, 0.6) is 0 Å². The van der Waals surface area contributed by atoms with Gasteiger partial charge in [-0.3, -0.25) is 9.36 Å². The number of hydrogen-bond acceptors (Lipinski definition) is 10. The number of nitrogens with zero attached hydrogens (tertiary/aromatic N) is 6. The smallest absolute Gasteiger partial charge is 0.252 e. The van der Waals surface area contributed by atoms with Crippen LogP contribution in [0.2, 0.25) is 0 Å². The highest BCUT2D eigenvalue weighted by molar-refractivity contribution is 7.89. The van der Waals surface area contributed by atoms with Crippen LogP contribution in [0.15, 0.2) is 64.4 Å². The van der Waals surface area contributed by atoms with Crippen molar-refractivity contribution < 1.29 is 16.8 Å². The summed E-state index contributed by atoms with van der Waals surface area (Å²) in [6.45, 7) is 0.926. The molecular formula is C24H26N8O5S2. The first kappa shape index (κ1) is 26.8. The molecule has 4 heterocycles. The second kappa shape index (κ2) is 10.4.